The zero-order chi connectivity index (χ0) is 28.7. The Bertz CT molecular complexity index is 1380. The molecule has 0 radical (unpaired) electrons. The summed E-state index contributed by atoms with van der Waals surface area (Å²) in [6.07, 6.45) is 0.372. The van der Waals surface area contributed by atoms with E-state index < -0.39 is 12.8 Å². The third-order valence-electron chi connectivity index (χ3n) is 7.35. The van der Waals surface area contributed by atoms with Gasteiger partial charge < -0.3 is 30.5 Å². The zero-order valence-corrected chi connectivity index (χ0v) is 23.1. The molecule has 40 heavy (non-hydrogen) atoms. The van der Waals surface area contributed by atoms with Crippen LogP contribution in [0.5, 0.6) is 5.88 Å². The van der Waals surface area contributed by atoms with Crippen molar-refractivity contribution in [2.24, 2.45) is 0 Å². The van der Waals surface area contributed by atoms with Crippen molar-refractivity contribution in [2.45, 2.75) is 37.8 Å². The number of aromatic nitrogens is 4. The van der Waals surface area contributed by atoms with Gasteiger partial charge in [0.15, 0.2) is 12.4 Å². The standard InChI is InChI=1S/C27H34F3N9O/c1-17-6-7-20-22(33-17)26(9-5-10-26)15-39(20)21-8-11-32-25(35-21)34-19-14-18(31)23(38(4)13-12-37(2)3)36-24(19)40-16-27(28,29)30/h6-8,11,14H,5,9-10,12-13,15-16,31H2,1-4H3,(H,32,34,35). The summed E-state index contributed by atoms with van der Waals surface area (Å²) < 4.78 is 44.3. The SMILES string of the molecule is Cc1ccc2c(n1)C1(CCC1)CN2c1ccnc(Nc2cc(N)c(N(C)CCN(C)C)nc2OCC(F)(F)F)n1. The molecular weight excluding hydrogens is 523 g/mol. The van der Waals surface area contributed by atoms with Crippen molar-refractivity contribution in [3.63, 3.8) is 0 Å². The summed E-state index contributed by atoms with van der Waals surface area (Å²) in [4.78, 5) is 24.1. The van der Waals surface area contributed by atoms with Gasteiger partial charge in [-0.2, -0.15) is 23.1 Å². The summed E-state index contributed by atoms with van der Waals surface area (Å²) >= 11 is 0. The molecule has 0 unspecified atom stereocenters. The van der Waals surface area contributed by atoms with Crippen molar-refractivity contribution >= 4 is 34.6 Å². The topological polar surface area (TPSA) is 109 Å². The minimum atomic E-state index is -4.54. The molecule has 1 fully saturated rings. The van der Waals surface area contributed by atoms with E-state index in [1.54, 1.807) is 18.1 Å². The molecule has 2 aliphatic rings. The fourth-order valence-corrected chi connectivity index (χ4v) is 5.12. The summed E-state index contributed by atoms with van der Waals surface area (Å²) in [5, 5.41) is 2.99. The number of nitrogens with one attached hydrogen (secondary N) is 1. The highest BCUT2D eigenvalue weighted by Crippen LogP contribution is 2.53. The minimum Gasteiger partial charge on any atom is -0.466 e. The molecule has 13 heteroatoms. The van der Waals surface area contributed by atoms with Crippen molar-refractivity contribution in [1.82, 2.24) is 24.8 Å². The third kappa shape index (κ3) is 5.69. The van der Waals surface area contributed by atoms with Gasteiger partial charge in [-0.1, -0.05) is 6.42 Å². The molecule has 1 spiro atoms. The second-order valence-electron chi connectivity index (χ2n) is 10.8. The first kappa shape index (κ1) is 27.7. The fourth-order valence-electron chi connectivity index (χ4n) is 5.12. The Morgan fingerprint density at radius 3 is 2.55 bits per heavy atom. The van der Waals surface area contributed by atoms with Crippen LogP contribution in [0.25, 0.3) is 0 Å². The number of aryl methyl sites for hydroxylation is 1. The van der Waals surface area contributed by atoms with Crippen LogP contribution in [0, 0.1) is 6.92 Å². The van der Waals surface area contributed by atoms with Crippen molar-refractivity contribution < 1.29 is 17.9 Å². The lowest BCUT2D eigenvalue weighted by Crippen LogP contribution is -2.38. The molecule has 3 aromatic rings. The number of pyridine rings is 2. The number of nitrogen functional groups attached to an aromatic ring is 1. The van der Waals surface area contributed by atoms with Gasteiger partial charge in [-0.05, 0) is 58.1 Å². The number of fused-ring (bicyclic) bond motifs is 2. The van der Waals surface area contributed by atoms with Crippen LogP contribution >= 0.6 is 0 Å². The molecule has 1 saturated carbocycles. The molecular formula is C27H34F3N9O. The molecule has 10 nitrogen and oxygen atoms in total. The maximum absolute atomic E-state index is 13.1. The van der Waals surface area contributed by atoms with Crippen molar-refractivity contribution in [3.05, 3.63) is 41.9 Å². The molecule has 4 heterocycles. The predicted molar refractivity (Wildman–Crippen MR) is 149 cm³/mol. The van der Waals surface area contributed by atoms with Crippen LogP contribution in [0.2, 0.25) is 0 Å². The molecule has 3 N–H and O–H groups in total. The average molecular weight is 558 g/mol. The zero-order valence-electron chi connectivity index (χ0n) is 23.1. The number of hydrogen-bond donors (Lipinski definition) is 2. The Morgan fingerprint density at radius 2 is 1.88 bits per heavy atom. The summed E-state index contributed by atoms with van der Waals surface area (Å²) in [5.74, 6) is 0.917. The molecule has 5 rings (SSSR count). The van der Waals surface area contributed by atoms with E-state index in [0.29, 0.717) is 24.7 Å². The van der Waals surface area contributed by atoms with Gasteiger partial charge in [0.2, 0.25) is 11.8 Å². The maximum atomic E-state index is 13.1. The first-order valence-corrected chi connectivity index (χ1v) is 13.2. The summed E-state index contributed by atoms with van der Waals surface area (Å²) in [7, 11) is 5.62. The number of nitrogens with zero attached hydrogens (tertiary/aromatic N) is 7. The first-order valence-electron chi connectivity index (χ1n) is 13.2. The Balaban J connectivity index is 1.44. The van der Waals surface area contributed by atoms with Gasteiger partial charge >= 0.3 is 6.18 Å². The average Bonchev–Trinajstić information content (AvgIpc) is 3.21. The monoisotopic (exact) mass is 557 g/mol. The Kier molecular flexibility index (Phi) is 7.34. The second kappa shape index (κ2) is 10.6. The predicted octanol–water partition coefficient (Wildman–Crippen LogP) is 4.41. The third-order valence-corrected chi connectivity index (χ3v) is 7.35. The van der Waals surface area contributed by atoms with Gasteiger partial charge in [-0.25, -0.2) is 4.98 Å². The van der Waals surface area contributed by atoms with E-state index >= 15 is 0 Å². The van der Waals surface area contributed by atoms with Crippen LogP contribution in [0.15, 0.2) is 30.5 Å². The van der Waals surface area contributed by atoms with Gasteiger partial charge in [0.05, 0.1) is 17.1 Å². The van der Waals surface area contributed by atoms with Crippen LogP contribution in [-0.2, 0) is 5.41 Å². The quantitative estimate of drug-likeness (QED) is 0.393. The number of alkyl halides is 3. The molecule has 0 amide bonds. The number of likely N-dealkylation sites (N-methyl/N-ethyl adjacent to an activating group) is 2. The Labute approximate surface area is 231 Å². The highest BCUT2D eigenvalue weighted by atomic mass is 19.4. The highest BCUT2D eigenvalue weighted by Gasteiger charge is 2.49. The summed E-state index contributed by atoms with van der Waals surface area (Å²) in [6.45, 7) is 2.52. The lowest BCUT2D eigenvalue weighted by Gasteiger charge is -2.38. The van der Waals surface area contributed by atoms with Gasteiger partial charge in [-0.3, -0.25) is 4.98 Å². The minimum absolute atomic E-state index is 0.0192. The molecule has 3 aromatic heterocycles. The van der Waals surface area contributed by atoms with E-state index in [4.69, 9.17) is 20.4 Å². The van der Waals surface area contributed by atoms with E-state index in [2.05, 4.69) is 26.3 Å². The molecule has 1 aliphatic heterocycles. The van der Waals surface area contributed by atoms with Gasteiger partial charge in [0, 0.05) is 44.0 Å². The van der Waals surface area contributed by atoms with Crippen LogP contribution in [0.4, 0.5) is 47.8 Å². The molecule has 0 atom stereocenters. The highest BCUT2D eigenvalue weighted by molar-refractivity contribution is 5.75. The Hall–Kier alpha value is -3.87. The van der Waals surface area contributed by atoms with Crippen LogP contribution in [-0.4, -0.2) is 78.4 Å². The van der Waals surface area contributed by atoms with Crippen LogP contribution in [0.3, 0.4) is 0 Å². The van der Waals surface area contributed by atoms with Crippen LogP contribution < -0.4 is 25.6 Å². The van der Waals surface area contributed by atoms with Crippen molar-refractivity contribution in [3.8, 4) is 5.88 Å². The largest absolute Gasteiger partial charge is 0.466 e. The number of halogens is 3. The summed E-state index contributed by atoms with van der Waals surface area (Å²) in [6, 6.07) is 7.36. The number of nitrogens with two attached hydrogens (primary N) is 1. The van der Waals surface area contributed by atoms with Crippen molar-refractivity contribution in [1.29, 1.82) is 0 Å². The number of rotatable bonds is 9. The van der Waals surface area contributed by atoms with E-state index in [1.165, 1.54) is 6.07 Å². The van der Waals surface area contributed by atoms with E-state index in [0.717, 1.165) is 42.9 Å². The van der Waals surface area contributed by atoms with Crippen molar-refractivity contribution in [2.75, 3.05) is 68.2 Å². The lowest BCUT2D eigenvalue weighted by atomic mass is 9.67. The number of hydrogen-bond acceptors (Lipinski definition) is 10. The van der Waals surface area contributed by atoms with Crippen LogP contribution in [0.1, 0.15) is 30.7 Å². The first-order chi connectivity index (χ1) is 18.9. The molecule has 214 valence electrons. The summed E-state index contributed by atoms with van der Waals surface area (Å²) in [5.41, 5.74) is 9.81. The van der Waals surface area contributed by atoms with E-state index in [1.807, 2.05) is 38.1 Å². The van der Waals surface area contributed by atoms with Gasteiger partial charge in [0.1, 0.15) is 11.5 Å². The molecule has 0 aromatic carbocycles. The molecule has 0 saturated heterocycles. The maximum Gasteiger partial charge on any atom is 0.422 e. The number of anilines is 6. The van der Waals surface area contributed by atoms with Gasteiger partial charge in [-0.15, -0.1) is 0 Å². The Morgan fingerprint density at radius 1 is 1.10 bits per heavy atom. The van der Waals surface area contributed by atoms with E-state index in [9.17, 15) is 13.2 Å². The van der Waals surface area contributed by atoms with Gasteiger partial charge in [0.25, 0.3) is 0 Å². The smallest absolute Gasteiger partial charge is 0.422 e. The normalized spacial score (nSPS) is 15.8. The van der Waals surface area contributed by atoms with E-state index in [-0.39, 0.29) is 28.6 Å². The second-order valence-corrected chi connectivity index (χ2v) is 10.8. The number of ether oxygens (including phenoxy) is 1. The fraction of sp³-hybridized carbons (Fsp3) is 0.481. The lowest BCUT2D eigenvalue weighted by molar-refractivity contribution is -0.153. The molecule has 0 bridgehead atoms. The molecule has 1 aliphatic carbocycles.